The third-order valence-electron chi connectivity index (χ3n) is 2.53. The zero-order valence-corrected chi connectivity index (χ0v) is 13.5. The van der Waals surface area contributed by atoms with Crippen molar-refractivity contribution in [1.82, 2.24) is 0 Å². The van der Waals surface area contributed by atoms with E-state index in [0.29, 0.717) is 5.75 Å². The Kier molecular flexibility index (Phi) is 7.31. The molecule has 1 aromatic carbocycles. The molecule has 0 saturated carbocycles. The lowest BCUT2D eigenvalue weighted by atomic mass is 10.2. The van der Waals surface area contributed by atoms with Gasteiger partial charge in [-0.25, -0.2) is 9.59 Å². The predicted molar refractivity (Wildman–Crippen MR) is 81.4 cm³/mol. The number of carboxylic acid groups (broad SMARTS) is 1. The van der Waals surface area contributed by atoms with Gasteiger partial charge in [0.15, 0.2) is 0 Å². The number of hydrogen-bond acceptors (Lipinski definition) is 5. The molecule has 6 nitrogen and oxygen atoms in total. The van der Waals surface area contributed by atoms with Crippen LogP contribution in [-0.4, -0.2) is 29.6 Å². The van der Waals surface area contributed by atoms with Gasteiger partial charge in [-0.2, -0.15) is 0 Å². The van der Waals surface area contributed by atoms with Crippen molar-refractivity contribution in [3.8, 4) is 5.75 Å². The molecule has 0 bridgehead atoms. The molecule has 1 N–H and O–H groups in total. The van der Waals surface area contributed by atoms with Crippen molar-refractivity contribution in [2.45, 2.75) is 19.8 Å². The third-order valence-corrected chi connectivity index (χ3v) is 3.05. The Morgan fingerprint density at radius 1 is 1.23 bits per heavy atom. The van der Waals surface area contributed by atoms with E-state index in [4.69, 9.17) is 14.6 Å². The quantitative estimate of drug-likeness (QED) is 0.450. The summed E-state index contributed by atoms with van der Waals surface area (Å²) in [6, 6.07) is 6.71. The first-order valence-corrected chi connectivity index (χ1v) is 7.28. The molecule has 0 fully saturated rings. The minimum absolute atomic E-state index is 0.0359. The summed E-state index contributed by atoms with van der Waals surface area (Å²) in [7, 11) is 0. The van der Waals surface area contributed by atoms with Gasteiger partial charge >= 0.3 is 17.9 Å². The van der Waals surface area contributed by atoms with Crippen LogP contribution in [0.15, 0.2) is 40.4 Å². The highest BCUT2D eigenvalue weighted by molar-refractivity contribution is 9.10. The van der Waals surface area contributed by atoms with Crippen LogP contribution in [0.25, 0.3) is 0 Å². The van der Waals surface area contributed by atoms with Crippen LogP contribution in [0.4, 0.5) is 0 Å². The summed E-state index contributed by atoms with van der Waals surface area (Å²) >= 11 is 3.26. The maximum Gasteiger partial charge on any atom is 0.334 e. The lowest BCUT2D eigenvalue weighted by molar-refractivity contribution is -0.143. The number of halogens is 1. The van der Waals surface area contributed by atoms with Crippen molar-refractivity contribution in [2.75, 3.05) is 6.61 Å². The maximum atomic E-state index is 11.6. The van der Waals surface area contributed by atoms with Crippen LogP contribution in [0.5, 0.6) is 5.75 Å². The number of benzene rings is 1. The highest BCUT2D eigenvalue weighted by atomic mass is 79.9. The second-order valence-electron chi connectivity index (χ2n) is 4.18. The minimum Gasteiger partial charge on any atom is -0.478 e. The lowest BCUT2D eigenvalue weighted by Gasteiger charge is -2.07. The average molecular weight is 371 g/mol. The fraction of sp³-hybridized carbons (Fsp3) is 0.267. The molecule has 0 unspecified atom stereocenters. The fourth-order valence-electron chi connectivity index (χ4n) is 1.46. The van der Waals surface area contributed by atoms with Crippen LogP contribution in [0.2, 0.25) is 0 Å². The van der Waals surface area contributed by atoms with Gasteiger partial charge in [0.25, 0.3) is 0 Å². The van der Waals surface area contributed by atoms with Gasteiger partial charge in [0.2, 0.25) is 0 Å². The standard InChI is InChI=1S/C15H15BrO6/c1-2-10(9-13(17)18)15(20)21-8-7-14(19)22-12-5-3-11(16)4-6-12/h3-6,9H,2,7-8H2,1H3,(H,17,18)/b10-9-. The molecule has 0 amide bonds. The normalized spacial score (nSPS) is 10.9. The molecule has 22 heavy (non-hydrogen) atoms. The van der Waals surface area contributed by atoms with Crippen molar-refractivity contribution in [2.24, 2.45) is 0 Å². The molecule has 1 aromatic rings. The number of hydrogen-bond donors (Lipinski definition) is 1. The van der Waals surface area contributed by atoms with Gasteiger partial charge in [-0.3, -0.25) is 4.79 Å². The van der Waals surface area contributed by atoms with E-state index >= 15 is 0 Å². The Balaban J connectivity index is 2.40. The van der Waals surface area contributed by atoms with Crippen LogP contribution < -0.4 is 4.74 Å². The number of aliphatic carboxylic acids is 1. The van der Waals surface area contributed by atoms with E-state index in [9.17, 15) is 14.4 Å². The van der Waals surface area contributed by atoms with Crippen molar-refractivity contribution >= 4 is 33.8 Å². The topological polar surface area (TPSA) is 89.9 Å². The van der Waals surface area contributed by atoms with Gasteiger partial charge in [0, 0.05) is 16.1 Å². The number of esters is 2. The Bertz CT molecular complexity index is 576. The van der Waals surface area contributed by atoms with Gasteiger partial charge in [-0.15, -0.1) is 0 Å². The summed E-state index contributed by atoms with van der Waals surface area (Å²) < 4.78 is 10.7. The van der Waals surface area contributed by atoms with Crippen molar-refractivity contribution in [1.29, 1.82) is 0 Å². The van der Waals surface area contributed by atoms with Crippen LogP contribution >= 0.6 is 15.9 Å². The number of ether oxygens (including phenoxy) is 2. The molecule has 0 aliphatic rings. The smallest absolute Gasteiger partial charge is 0.334 e. The highest BCUT2D eigenvalue weighted by Gasteiger charge is 2.12. The summed E-state index contributed by atoms with van der Waals surface area (Å²) in [5, 5.41) is 8.60. The Morgan fingerprint density at radius 2 is 1.86 bits per heavy atom. The first kappa shape index (κ1) is 17.9. The summed E-state index contributed by atoms with van der Waals surface area (Å²) in [6.45, 7) is 1.46. The molecular formula is C15H15BrO6. The van der Waals surface area contributed by atoms with Crippen molar-refractivity contribution in [3.05, 3.63) is 40.4 Å². The summed E-state index contributed by atoms with van der Waals surface area (Å²) in [5.41, 5.74) is 0.0359. The predicted octanol–water partition coefficient (Wildman–Crippen LogP) is 2.71. The Labute approximate surface area is 135 Å². The zero-order valence-electron chi connectivity index (χ0n) is 11.9. The molecular weight excluding hydrogens is 356 g/mol. The summed E-state index contributed by atoms with van der Waals surface area (Å²) in [4.78, 5) is 33.7. The number of carbonyl (C=O) groups is 3. The fourth-order valence-corrected chi connectivity index (χ4v) is 1.72. The number of carboxylic acids is 1. The zero-order chi connectivity index (χ0) is 16.5. The van der Waals surface area contributed by atoms with Gasteiger partial charge in [0.1, 0.15) is 12.4 Å². The van der Waals surface area contributed by atoms with Crippen LogP contribution in [-0.2, 0) is 19.1 Å². The SMILES string of the molecule is CC/C(=C/C(=O)O)C(=O)OCCC(=O)Oc1ccc(Br)cc1. The highest BCUT2D eigenvalue weighted by Crippen LogP contribution is 2.16. The van der Waals surface area contributed by atoms with E-state index in [1.54, 1.807) is 31.2 Å². The van der Waals surface area contributed by atoms with E-state index in [2.05, 4.69) is 15.9 Å². The average Bonchev–Trinajstić information content (AvgIpc) is 2.46. The molecule has 7 heteroatoms. The van der Waals surface area contributed by atoms with Crippen LogP contribution in [0.1, 0.15) is 19.8 Å². The number of rotatable bonds is 7. The van der Waals surface area contributed by atoms with Gasteiger partial charge in [-0.1, -0.05) is 22.9 Å². The Hall–Kier alpha value is -2.15. The van der Waals surface area contributed by atoms with Gasteiger partial charge in [0.05, 0.1) is 6.42 Å². The van der Waals surface area contributed by atoms with Crippen molar-refractivity contribution in [3.63, 3.8) is 0 Å². The molecule has 0 saturated heterocycles. The second kappa shape index (κ2) is 8.99. The van der Waals surface area contributed by atoms with Crippen LogP contribution in [0.3, 0.4) is 0 Å². The second-order valence-corrected chi connectivity index (χ2v) is 5.09. The molecule has 0 radical (unpaired) electrons. The Morgan fingerprint density at radius 3 is 2.41 bits per heavy atom. The van der Waals surface area contributed by atoms with E-state index in [-0.39, 0.29) is 25.0 Å². The maximum absolute atomic E-state index is 11.6. The first-order valence-electron chi connectivity index (χ1n) is 6.49. The van der Waals surface area contributed by atoms with E-state index < -0.39 is 17.9 Å². The summed E-state index contributed by atoms with van der Waals surface area (Å²) in [6.07, 6.45) is 0.906. The molecule has 0 aromatic heterocycles. The molecule has 1 rings (SSSR count). The molecule has 0 aliphatic carbocycles. The van der Waals surface area contributed by atoms with E-state index in [1.807, 2.05) is 0 Å². The monoisotopic (exact) mass is 370 g/mol. The third kappa shape index (κ3) is 6.53. The summed E-state index contributed by atoms with van der Waals surface area (Å²) in [5.74, 6) is -2.13. The van der Waals surface area contributed by atoms with Crippen LogP contribution in [0, 0.1) is 0 Å². The van der Waals surface area contributed by atoms with Gasteiger partial charge < -0.3 is 14.6 Å². The largest absolute Gasteiger partial charge is 0.478 e. The molecule has 118 valence electrons. The van der Waals surface area contributed by atoms with E-state index in [0.717, 1.165) is 10.5 Å². The number of carbonyl (C=O) groups excluding carboxylic acids is 2. The molecule has 0 atom stereocenters. The minimum atomic E-state index is -1.22. The van der Waals surface area contributed by atoms with Crippen molar-refractivity contribution < 1.29 is 29.0 Å². The molecule has 0 aliphatic heterocycles. The van der Waals surface area contributed by atoms with Gasteiger partial charge in [-0.05, 0) is 30.7 Å². The van der Waals surface area contributed by atoms with E-state index in [1.165, 1.54) is 0 Å². The lowest BCUT2D eigenvalue weighted by Crippen LogP contribution is -2.15. The first-order chi connectivity index (χ1) is 10.4. The molecule has 0 heterocycles. The molecule has 0 spiro atoms.